The van der Waals surface area contributed by atoms with Gasteiger partial charge in [0.1, 0.15) is 6.54 Å². The fourth-order valence-corrected chi connectivity index (χ4v) is 4.66. The Labute approximate surface area is 175 Å². The number of hydrogen-bond donors (Lipinski definition) is 1. The number of benzene rings is 1. The van der Waals surface area contributed by atoms with Crippen LogP contribution in [0.2, 0.25) is 5.02 Å². The third-order valence-electron chi connectivity index (χ3n) is 4.91. The summed E-state index contributed by atoms with van der Waals surface area (Å²) in [7, 11) is 0. The Balaban J connectivity index is 1.87. The van der Waals surface area contributed by atoms with Gasteiger partial charge in [-0.2, -0.15) is 0 Å². The van der Waals surface area contributed by atoms with Gasteiger partial charge >= 0.3 is 6.03 Å². The van der Waals surface area contributed by atoms with E-state index in [0.29, 0.717) is 24.7 Å². The van der Waals surface area contributed by atoms with Crippen LogP contribution in [0.25, 0.3) is 0 Å². The maximum Gasteiger partial charge on any atom is 0.317 e. The van der Waals surface area contributed by atoms with Crippen molar-refractivity contribution >= 4 is 34.9 Å². The summed E-state index contributed by atoms with van der Waals surface area (Å²) in [5.41, 5.74) is 2.21. The van der Waals surface area contributed by atoms with Gasteiger partial charge in [0.05, 0.1) is 6.04 Å². The molecule has 1 aliphatic heterocycles. The standard InChI is InChI=1S/C21H26ClN3O2S/c1-3-11-24(21(27)23-4-2)14-19(26)25-12-9-18-17(10-13-28-18)20(25)15-5-7-16(22)8-6-15/h5-8,10,13,20H,3-4,9,11-12,14H2,1-2H3,(H,23,27)/t20-/m0/s1. The molecule has 0 fully saturated rings. The van der Waals surface area contributed by atoms with Crippen LogP contribution < -0.4 is 5.32 Å². The lowest BCUT2D eigenvalue weighted by Gasteiger charge is -2.37. The van der Waals surface area contributed by atoms with E-state index in [1.165, 1.54) is 10.4 Å². The molecule has 1 aromatic heterocycles. The van der Waals surface area contributed by atoms with Crippen molar-refractivity contribution in [3.8, 4) is 0 Å². The predicted molar refractivity (Wildman–Crippen MR) is 114 cm³/mol. The molecular weight excluding hydrogens is 394 g/mol. The van der Waals surface area contributed by atoms with Gasteiger partial charge in [0.25, 0.3) is 0 Å². The number of nitrogens with one attached hydrogen (secondary N) is 1. The summed E-state index contributed by atoms with van der Waals surface area (Å²) >= 11 is 7.80. The van der Waals surface area contributed by atoms with E-state index in [-0.39, 0.29) is 24.5 Å². The van der Waals surface area contributed by atoms with Crippen LogP contribution in [0.15, 0.2) is 35.7 Å². The number of nitrogens with zero attached hydrogens (tertiary/aromatic N) is 2. The lowest BCUT2D eigenvalue weighted by molar-refractivity contribution is -0.133. The molecule has 0 bridgehead atoms. The fourth-order valence-electron chi connectivity index (χ4n) is 3.63. The fraction of sp³-hybridized carbons (Fsp3) is 0.429. The van der Waals surface area contributed by atoms with Crippen LogP contribution in [0.3, 0.4) is 0 Å². The molecule has 1 N–H and O–H groups in total. The number of amides is 3. The zero-order valence-corrected chi connectivity index (χ0v) is 17.9. The molecule has 1 aromatic carbocycles. The van der Waals surface area contributed by atoms with E-state index in [1.807, 2.05) is 43.0 Å². The van der Waals surface area contributed by atoms with Crippen LogP contribution in [0.5, 0.6) is 0 Å². The molecule has 0 unspecified atom stereocenters. The smallest absolute Gasteiger partial charge is 0.317 e. The first-order valence-corrected chi connectivity index (χ1v) is 10.9. The van der Waals surface area contributed by atoms with Crippen LogP contribution >= 0.6 is 22.9 Å². The zero-order valence-electron chi connectivity index (χ0n) is 16.3. The monoisotopic (exact) mass is 419 g/mol. The largest absolute Gasteiger partial charge is 0.338 e. The van der Waals surface area contributed by atoms with E-state index in [9.17, 15) is 9.59 Å². The number of halogens is 1. The van der Waals surface area contributed by atoms with Gasteiger partial charge in [0.15, 0.2) is 0 Å². The Bertz CT molecular complexity index is 821. The van der Waals surface area contributed by atoms with Crippen molar-refractivity contribution in [3.05, 3.63) is 56.7 Å². The molecule has 0 aliphatic carbocycles. The second-order valence-corrected chi connectivity index (χ2v) is 8.28. The van der Waals surface area contributed by atoms with Crippen molar-refractivity contribution in [2.75, 3.05) is 26.2 Å². The van der Waals surface area contributed by atoms with E-state index in [4.69, 9.17) is 11.6 Å². The van der Waals surface area contributed by atoms with E-state index >= 15 is 0 Å². The van der Waals surface area contributed by atoms with Crippen LogP contribution in [0.1, 0.15) is 42.3 Å². The Kier molecular flexibility index (Phi) is 6.97. The Morgan fingerprint density at radius 1 is 1.25 bits per heavy atom. The van der Waals surface area contributed by atoms with Crippen molar-refractivity contribution in [1.29, 1.82) is 0 Å². The molecule has 1 atom stereocenters. The van der Waals surface area contributed by atoms with E-state index in [0.717, 1.165) is 18.4 Å². The molecule has 0 saturated heterocycles. The lowest BCUT2D eigenvalue weighted by atomic mass is 9.93. The number of carbonyl (C=O) groups excluding carboxylic acids is 2. The molecule has 150 valence electrons. The summed E-state index contributed by atoms with van der Waals surface area (Å²) in [4.78, 5) is 30.4. The zero-order chi connectivity index (χ0) is 20.1. The number of carbonyl (C=O) groups is 2. The second-order valence-electron chi connectivity index (χ2n) is 6.85. The van der Waals surface area contributed by atoms with Crippen LogP contribution in [0.4, 0.5) is 4.79 Å². The Hall–Kier alpha value is -2.05. The molecule has 3 amide bonds. The summed E-state index contributed by atoms with van der Waals surface area (Å²) in [5, 5.41) is 5.56. The maximum atomic E-state index is 13.3. The van der Waals surface area contributed by atoms with Gasteiger partial charge in [-0.3, -0.25) is 4.79 Å². The van der Waals surface area contributed by atoms with Crippen molar-refractivity contribution in [2.24, 2.45) is 0 Å². The van der Waals surface area contributed by atoms with Crippen LogP contribution in [-0.4, -0.2) is 47.9 Å². The average molecular weight is 420 g/mol. The van der Waals surface area contributed by atoms with Gasteiger partial charge in [0.2, 0.25) is 5.91 Å². The molecular formula is C21H26ClN3O2S. The number of urea groups is 1. The maximum absolute atomic E-state index is 13.3. The third kappa shape index (κ3) is 4.50. The summed E-state index contributed by atoms with van der Waals surface area (Å²) in [5.74, 6) is -0.0310. The van der Waals surface area contributed by atoms with Crippen molar-refractivity contribution in [1.82, 2.24) is 15.1 Å². The molecule has 7 heteroatoms. The summed E-state index contributed by atoms with van der Waals surface area (Å²) in [6.07, 6.45) is 1.65. The van der Waals surface area contributed by atoms with Crippen LogP contribution in [0, 0.1) is 0 Å². The van der Waals surface area contributed by atoms with Crippen molar-refractivity contribution in [2.45, 2.75) is 32.7 Å². The first-order chi connectivity index (χ1) is 13.5. The summed E-state index contributed by atoms with van der Waals surface area (Å²) in [6.45, 7) is 5.72. The third-order valence-corrected chi connectivity index (χ3v) is 6.16. The molecule has 2 aromatic rings. The minimum atomic E-state index is -0.186. The average Bonchev–Trinajstić information content (AvgIpc) is 3.16. The quantitative estimate of drug-likeness (QED) is 0.758. The lowest BCUT2D eigenvalue weighted by Crippen LogP contribution is -2.49. The molecule has 5 nitrogen and oxygen atoms in total. The first-order valence-electron chi connectivity index (χ1n) is 9.69. The minimum absolute atomic E-state index is 0.0310. The van der Waals surface area contributed by atoms with Gasteiger partial charge in [-0.1, -0.05) is 30.7 Å². The van der Waals surface area contributed by atoms with Gasteiger partial charge in [-0.15, -0.1) is 11.3 Å². The normalized spacial score (nSPS) is 15.8. The van der Waals surface area contributed by atoms with Crippen molar-refractivity contribution < 1.29 is 9.59 Å². The number of thiophene rings is 1. The Morgan fingerprint density at radius 3 is 2.68 bits per heavy atom. The molecule has 2 heterocycles. The van der Waals surface area contributed by atoms with Crippen molar-refractivity contribution in [3.63, 3.8) is 0 Å². The molecule has 3 rings (SSSR count). The van der Waals surface area contributed by atoms with Gasteiger partial charge in [-0.05, 0) is 54.5 Å². The molecule has 0 spiro atoms. The summed E-state index contributed by atoms with van der Waals surface area (Å²) < 4.78 is 0. The number of fused-ring (bicyclic) bond motifs is 1. The SMILES string of the molecule is CCCN(CC(=O)N1CCc2sccc2[C@@H]1c1ccc(Cl)cc1)C(=O)NCC. The van der Waals surface area contributed by atoms with E-state index < -0.39 is 0 Å². The highest BCUT2D eigenvalue weighted by Crippen LogP contribution is 2.38. The highest BCUT2D eigenvalue weighted by atomic mass is 35.5. The summed E-state index contributed by atoms with van der Waals surface area (Å²) in [6, 6.07) is 9.45. The highest BCUT2D eigenvalue weighted by Gasteiger charge is 2.33. The molecule has 0 radical (unpaired) electrons. The van der Waals surface area contributed by atoms with Crippen LogP contribution in [-0.2, 0) is 11.2 Å². The number of rotatable bonds is 6. The van der Waals surface area contributed by atoms with Gasteiger partial charge in [0, 0.05) is 29.5 Å². The van der Waals surface area contributed by atoms with Gasteiger partial charge in [-0.25, -0.2) is 4.79 Å². The molecule has 1 aliphatic rings. The Morgan fingerprint density at radius 2 is 2.00 bits per heavy atom. The minimum Gasteiger partial charge on any atom is -0.338 e. The van der Waals surface area contributed by atoms with E-state index in [2.05, 4.69) is 16.8 Å². The first kappa shape index (κ1) is 20.7. The highest BCUT2D eigenvalue weighted by molar-refractivity contribution is 7.10. The topological polar surface area (TPSA) is 52.7 Å². The number of hydrogen-bond acceptors (Lipinski definition) is 3. The van der Waals surface area contributed by atoms with E-state index in [1.54, 1.807) is 16.2 Å². The molecule has 0 saturated carbocycles. The van der Waals surface area contributed by atoms with Gasteiger partial charge < -0.3 is 15.1 Å². The predicted octanol–water partition coefficient (Wildman–Crippen LogP) is 4.32. The second kappa shape index (κ2) is 9.43. The molecule has 28 heavy (non-hydrogen) atoms.